The van der Waals surface area contributed by atoms with Gasteiger partial charge in [-0.3, -0.25) is 4.79 Å². The molecule has 4 nitrogen and oxygen atoms in total. The number of hydrogen-bond donors (Lipinski definition) is 0. The predicted molar refractivity (Wildman–Crippen MR) is 84.7 cm³/mol. The lowest BCUT2D eigenvalue weighted by atomic mass is 9.81. The van der Waals surface area contributed by atoms with Gasteiger partial charge in [-0.15, -0.1) is 11.3 Å². The van der Waals surface area contributed by atoms with Crippen LogP contribution < -0.4 is 5.46 Å². The smallest absolute Gasteiger partial charge is 0.399 e. The molecular weight excluding hydrogens is 285 g/mol. The summed E-state index contributed by atoms with van der Waals surface area (Å²) in [6.45, 7) is 9.82. The Bertz CT molecular complexity index is 539. The Morgan fingerprint density at radius 1 is 1.29 bits per heavy atom. The van der Waals surface area contributed by atoms with Gasteiger partial charge < -0.3 is 14.2 Å². The molecule has 1 amide bonds. The first-order valence-corrected chi connectivity index (χ1v) is 8.37. The Morgan fingerprint density at radius 2 is 1.95 bits per heavy atom. The van der Waals surface area contributed by atoms with Gasteiger partial charge in [0.15, 0.2) is 0 Å². The molecule has 0 aliphatic carbocycles. The maximum atomic E-state index is 11.7. The van der Waals surface area contributed by atoms with Gasteiger partial charge in [-0.25, -0.2) is 0 Å². The minimum Gasteiger partial charge on any atom is -0.399 e. The summed E-state index contributed by atoms with van der Waals surface area (Å²) in [5, 5.41) is 2.08. The molecule has 2 saturated heterocycles. The third-order valence-electron chi connectivity index (χ3n) is 4.72. The molecule has 0 radical (unpaired) electrons. The monoisotopic (exact) mass is 307 g/mol. The van der Waals surface area contributed by atoms with Crippen molar-refractivity contribution in [1.29, 1.82) is 0 Å². The molecule has 2 fully saturated rings. The molecule has 0 spiro atoms. The second kappa shape index (κ2) is 5.11. The highest BCUT2D eigenvalue weighted by Crippen LogP contribution is 2.36. The molecule has 3 heterocycles. The number of carbonyl (C=O) groups is 1. The van der Waals surface area contributed by atoms with E-state index >= 15 is 0 Å². The van der Waals surface area contributed by atoms with Gasteiger partial charge in [0.2, 0.25) is 5.91 Å². The van der Waals surface area contributed by atoms with Gasteiger partial charge in [0.05, 0.1) is 17.7 Å². The number of nitrogens with zero attached hydrogens (tertiary/aromatic N) is 1. The molecule has 1 aromatic heterocycles. The van der Waals surface area contributed by atoms with Crippen LogP contribution in [-0.4, -0.2) is 35.7 Å². The third kappa shape index (κ3) is 2.76. The zero-order chi connectivity index (χ0) is 15.3. The van der Waals surface area contributed by atoms with Gasteiger partial charge in [-0.1, -0.05) is 0 Å². The number of carbonyl (C=O) groups excluding carboxylic acids is 1. The van der Waals surface area contributed by atoms with Gasteiger partial charge in [0, 0.05) is 17.8 Å². The van der Waals surface area contributed by atoms with Crippen LogP contribution >= 0.6 is 11.3 Å². The summed E-state index contributed by atoms with van der Waals surface area (Å²) in [5.41, 5.74) is 0.426. The SMILES string of the molecule is CC1(C)OB(c2csc(CN3CCCC3=O)c2)OC1(C)C. The van der Waals surface area contributed by atoms with Gasteiger partial charge in [-0.05, 0) is 51.0 Å². The van der Waals surface area contributed by atoms with Crippen LogP contribution in [0.15, 0.2) is 11.4 Å². The van der Waals surface area contributed by atoms with Crippen molar-refractivity contribution in [2.45, 2.75) is 58.3 Å². The van der Waals surface area contributed by atoms with Crippen molar-refractivity contribution in [3.05, 3.63) is 16.3 Å². The van der Waals surface area contributed by atoms with E-state index in [1.165, 1.54) is 4.88 Å². The Morgan fingerprint density at radius 3 is 2.52 bits per heavy atom. The lowest BCUT2D eigenvalue weighted by molar-refractivity contribution is -0.128. The van der Waals surface area contributed by atoms with E-state index in [1.807, 2.05) is 4.90 Å². The van der Waals surface area contributed by atoms with Crippen LogP contribution in [0.4, 0.5) is 0 Å². The highest BCUT2D eigenvalue weighted by molar-refractivity contribution is 7.11. The maximum absolute atomic E-state index is 11.7. The van der Waals surface area contributed by atoms with Crippen LogP contribution in [0.3, 0.4) is 0 Å². The molecule has 2 aliphatic rings. The van der Waals surface area contributed by atoms with E-state index in [1.54, 1.807) is 11.3 Å². The van der Waals surface area contributed by atoms with Gasteiger partial charge >= 0.3 is 7.12 Å². The van der Waals surface area contributed by atoms with Crippen LogP contribution in [0.1, 0.15) is 45.4 Å². The molecule has 1 aromatic rings. The zero-order valence-corrected chi connectivity index (χ0v) is 14.0. The topological polar surface area (TPSA) is 38.8 Å². The minimum atomic E-state index is -0.315. The Labute approximate surface area is 130 Å². The summed E-state index contributed by atoms with van der Waals surface area (Å²) in [6, 6.07) is 2.11. The number of likely N-dealkylation sites (tertiary alicyclic amines) is 1. The second-order valence-electron chi connectivity index (χ2n) is 6.85. The predicted octanol–water partition coefficient (Wildman–Crippen LogP) is 2.17. The molecule has 0 aromatic carbocycles. The van der Waals surface area contributed by atoms with E-state index in [4.69, 9.17) is 9.31 Å². The molecule has 0 N–H and O–H groups in total. The minimum absolute atomic E-state index is 0.264. The van der Waals surface area contributed by atoms with Crippen molar-refractivity contribution in [3.8, 4) is 0 Å². The number of rotatable bonds is 3. The van der Waals surface area contributed by atoms with E-state index in [0.29, 0.717) is 13.0 Å². The van der Waals surface area contributed by atoms with E-state index in [2.05, 4.69) is 39.1 Å². The quantitative estimate of drug-likeness (QED) is 0.803. The number of hydrogen-bond acceptors (Lipinski definition) is 4. The average Bonchev–Trinajstić information content (AvgIpc) is 3.03. The Hall–Kier alpha value is -0.845. The van der Waals surface area contributed by atoms with Crippen molar-refractivity contribution in [2.24, 2.45) is 0 Å². The fourth-order valence-corrected chi connectivity index (χ4v) is 3.54. The normalized spacial score (nSPS) is 24.1. The van der Waals surface area contributed by atoms with Crippen molar-refractivity contribution in [3.63, 3.8) is 0 Å². The molecule has 0 saturated carbocycles. The first-order valence-electron chi connectivity index (χ1n) is 7.49. The molecule has 3 rings (SSSR count). The third-order valence-corrected chi connectivity index (χ3v) is 5.66. The van der Waals surface area contributed by atoms with Gasteiger partial charge in [-0.2, -0.15) is 0 Å². The zero-order valence-electron chi connectivity index (χ0n) is 13.1. The second-order valence-corrected chi connectivity index (χ2v) is 7.85. The highest BCUT2D eigenvalue weighted by atomic mass is 32.1. The average molecular weight is 307 g/mol. The highest BCUT2D eigenvalue weighted by Gasteiger charge is 2.51. The summed E-state index contributed by atoms with van der Waals surface area (Å²) in [5.74, 6) is 0.264. The van der Waals surface area contributed by atoms with Gasteiger partial charge in [0.25, 0.3) is 0 Å². The molecule has 0 bridgehead atoms. The Kier molecular flexibility index (Phi) is 3.67. The van der Waals surface area contributed by atoms with Crippen molar-refractivity contribution < 1.29 is 14.1 Å². The van der Waals surface area contributed by atoms with Crippen LogP contribution in [0, 0.1) is 0 Å². The van der Waals surface area contributed by atoms with E-state index in [-0.39, 0.29) is 24.2 Å². The van der Waals surface area contributed by atoms with Crippen LogP contribution in [0.2, 0.25) is 0 Å². The molecule has 6 heteroatoms. The lowest BCUT2D eigenvalue weighted by Gasteiger charge is -2.32. The molecule has 114 valence electrons. The van der Waals surface area contributed by atoms with Gasteiger partial charge in [0.1, 0.15) is 0 Å². The molecule has 0 atom stereocenters. The molecule has 21 heavy (non-hydrogen) atoms. The summed E-state index contributed by atoms with van der Waals surface area (Å²) < 4.78 is 12.1. The molecule has 0 unspecified atom stereocenters. The van der Waals surface area contributed by atoms with Crippen LogP contribution in [0.5, 0.6) is 0 Å². The van der Waals surface area contributed by atoms with Crippen molar-refractivity contribution >= 4 is 29.8 Å². The fraction of sp³-hybridized carbons (Fsp3) is 0.667. The molecular formula is C15H22BNO3S. The summed E-state index contributed by atoms with van der Waals surface area (Å²) >= 11 is 1.67. The summed E-state index contributed by atoms with van der Waals surface area (Å²) in [7, 11) is -0.311. The number of thiophene rings is 1. The first-order chi connectivity index (χ1) is 9.78. The molecule has 2 aliphatic heterocycles. The Balaban J connectivity index is 1.70. The largest absolute Gasteiger partial charge is 0.495 e. The van der Waals surface area contributed by atoms with E-state index in [9.17, 15) is 4.79 Å². The van der Waals surface area contributed by atoms with E-state index < -0.39 is 0 Å². The summed E-state index contributed by atoms with van der Waals surface area (Å²) in [6.07, 6.45) is 1.67. The van der Waals surface area contributed by atoms with E-state index in [0.717, 1.165) is 18.4 Å². The lowest BCUT2D eigenvalue weighted by Crippen LogP contribution is -2.41. The standard InChI is InChI=1S/C15H22BNO3S/c1-14(2)15(3,4)20-16(19-14)11-8-12(21-10-11)9-17-7-5-6-13(17)18/h8,10H,5-7,9H2,1-4H3. The van der Waals surface area contributed by atoms with Crippen molar-refractivity contribution in [2.75, 3.05) is 6.54 Å². The van der Waals surface area contributed by atoms with Crippen molar-refractivity contribution in [1.82, 2.24) is 4.90 Å². The van der Waals surface area contributed by atoms with Crippen LogP contribution in [-0.2, 0) is 20.6 Å². The maximum Gasteiger partial charge on any atom is 0.495 e. The summed E-state index contributed by atoms with van der Waals surface area (Å²) in [4.78, 5) is 14.8. The number of amides is 1. The fourth-order valence-electron chi connectivity index (χ4n) is 2.64. The van der Waals surface area contributed by atoms with Crippen LogP contribution in [0.25, 0.3) is 0 Å². The first kappa shape index (κ1) is 15.1.